The SMILES string of the molecule is CCON=C(CO)CC1=CCC(CCSc2ccc(F)c(Cl)c2)CC1=O. The van der Waals surface area contributed by atoms with Crippen LogP contribution < -0.4 is 0 Å². The molecule has 1 unspecified atom stereocenters. The summed E-state index contributed by atoms with van der Waals surface area (Å²) in [4.78, 5) is 18.2. The molecular formula is C19H23ClFNO3S. The number of ketones is 1. The molecule has 1 aliphatic rings. The molecule has 1 N–H and O–H groups in total. The molecular weight excluding hydrogens is 377 g/mol. The molecule has 1 atom stereocenters. The summed E-state index contributed by atoms with van der Waals surface area (Å²) < 4.78 is 13.2. The van der Waals surface area contributed by atoms with Gasteiger partial charge in [-0.1, -0.05) is 22.8 Å². The molecule has 7 heteroatoms. The summed E-state index contributed by atoms with van der Waals surface area (Å²) in [6, 6.07) is 4.70. The van der Waals surface area contributed by atoms with Gasteiger partial charge >= 0.3 is 0 Å². The molecule has 0 saturated heterocycles. The summed E-state index contributed by atoms with van der Waals surface area (Å²) in [6.45, 7) is 2.02. The normalized spacial score (nSPS) is 18.0. The number of allylic oxidation sites excluding steroid dienone is 2. The molecule has 26 heavy (non-hydrogen) atoms. The zero-order valence-corrected chi connectivity index (χ0v) is 16.3. The van der Waals surface area contributed by atoms with Gasteiger partial charge in [0.15, 0.2) is 5.78 Å². The number of halogens is 2. The zero-order chi connectivity index (χ0) is 18.9. The van der Waals surface area contributed by atoms with E-state index in [4.69, 9.17) is 16.4 Å². The van der Waals surface area contributed by atoms with Crippen molar-refractivity contribution >= 4 is 34.9 Å². The van der Waals surface area contributed by atoms with Crippen molar-refractivity contribution in [2.45, 2.75) is 37.5 Å². The fourth-order valence-corrected chi connectivity index (χ4v) is 3.99. The summed E-state index contributed by atoms with van der Waals surface area (Å²) in [7, 11) is 0. The Morgan fingerprint density at radius 1 is 1.50 bits per heavy atom. The Labute approximate surface area is 162 Å². The lowest BCUT2D eigenvalue weighted by molar-refractivity contribution is -0.116. The largest absolute Gasteiger partial charge is 0.396 e. The number of aliphatic hydroxyl groups is 1. The maximum absolute atomic E-state index is 13.2. The first-order valence-electron chi connectivity index (χ1n) is 8.62. The van der Waals surface area contributed by atoms with Gasteiger partial charge in [0.25, 0.3) is 0 Å². The Balaban J connectivity index is 1.82. The van der Waals surface area contributed by atoms with Crippen molar-refractivity contribution in [2.24, 2.45) is 11.1 Å². The summed E-state index contributed by atoms with van der Waals surface area (Å²) in [6.07, 6.45) is 4.52. The molecule has 2 rings (SSSR count). The number of hydrogen-bond acceptors (Lipinski definition) is 5. The van der Waals surface area contributed by atoms with E-state index in [1.54, 1.807) is 23.9 Å². The highest BCUT2D eigenvalue weighted by atomic mass is 35.5. The first-order chi connectivity index (χ1) is 12.5. The summed E-state index contributed by atoms with van der Waals surface area (Å²) in [5, 5.41) is 13.3. The quantitative estimate of drug-likeness (QED) is 0.373. The van der Waals surface area contributed by atoms with Crippen molar-refractivity contribution in [3.8, 4) is 0 Å². The molecule has 0 bridgehead atoms. The smallest absolute Gasteiger partial charge is 0.159 e. The Morgan fingerprint density at radius 2 is 2.31 bits per heavy atom. The number of benzene rings is 1. The van der Waals surface area contributed by atoms with Gasteiger partial charge in [-0.05, 0) is 55.2 Å². The fourth-order valence-electron chi connectivity index (χ4n) is 2.69. The summed E-state index contributed by atoms with van der Waals surface area (Å²) >= 11 is 7.40. The number of Topliss-reactive ketones (excluding diaryl/α,β-unsaturated/α-hetero) is 1. The van der Waals surface area contributed by atoms with E-state index in [0.717, 1.165) is 23.5 Å². The van der Waals surface area contributed by atoms with Crippen molar-refractivity contribution in [1.29, 1.82) is 0 Å². The third-order valence-electron chi connectivity index (χ3n) is 4.12. The predicted molar refractivity (Wildman–Crippen MR) is 103 cm³/mol. The van der Waals surface area contributed by atoms with Crippen LogP contribution in [0.2, 0.25) is 5.02 Å². The minimum absolute atomic E-state index is 0.105. The number of hydrogen-bond donors (Lipinski definition) is 1. The van der Waals surface area contributed by atoms with Gasteiger partial charge in [-0.25, -0.2) is 4.39 Å². The predicted octanol–water partition coefficient (Wildman–Crippen LogP) is 4.64. The molecule has 0 amide bonds. The minimum Gasteiger partial charge on any atom is -0.396 e. The molecule has 0 spiro atoms. The number of carbonyl (C=O) groups excluding carboxylic acids is 1. The summed E-state index contributed by atoms with van der Waals surface area (Å²) in [5.74, 6) is 0.836. The maximum Gasteiger partial charge on any atom is 0.159 e. The van der Waals surface area contributed by atoms with Crippen LogP contribution in [0.1, 0.15) is 32.6 Å². The number of oxime groups is 1. The third-order valence-corrected chi connectivity index (χ3v) is 5.43. The number of rotatable bonds is 9. The molecule has 1 aromatic rings. The van der Waals surface area contributed by atoms with E-state index in [1.165, 1.54) is 6.07 Å². The van der Waals surface area contributed by atoms with Crippen molar-refractivity contribution < 1.29 is 19.1 Å². The molecule has 1 aromatic carbocycles. The lowest BCUT2D eigenvalue weighted by atomic mass is 9.85. The summed E-state index contributed by atoms with van der Waals surface area (Å²) in [5.41, 5.74) is 1.17. The van der Waals surface area contributed by atoms with Crippen LogP contribution in [0.15, 0.2) is 39.9 Å². The van der Waals surface area contributed by atoms with Crippen LogP contribution in [0.4, 0.5) is 4.39 Å². The van der Waals surface area contributed by atoms with E-state index >= 15 is 0 Å². The molecule has 1 aliphatic carbocycles. The lowest BCUT2D eigenvalue weighted by Crippen LogP contribution is -2.19. The first-order valence-corrected chi connectivity index (χ1v) is 9.98. The van der Waals surface area contributed by atoms with Gasteiger partial charge in [0.1, 0.15) is 12.4 Å². The highest BCUT2D eigenvalue weighted by molar-refractivity contribution is 7.99. The second kappa shape index (κ2) is 10.7. The van der Waals surface area contributed by atoms with Gasteiger partial charge in [-0.15, -0.1) is 11.8 Å². The van der Waals surface area contributed by atoms with E-state index in [-0.39, 0.29) is 17.4 Å². The minimum atomic E-state index is -0.415. The van der Waals surface area contributed by atoms with E-state index in [0.29, 0.717) is 36.7 Å². The standard InChI is InChI=1S/C19H23ClFNO3S/c1-2-25-22-15(12-23)10-14-4-3-13(9-19(14)24)7-8-26-16-5-6-18(21)17(20)11-16/h4-6,11,13,23H,2-3,7-10,12H2,1H3. The molecule has 4 nitrogen and oxygen atoms in total. The molecule has 0 radical (unpaired) electrons. The van der Waals surface area contributed by atoms with Gasteiger partial charge in [0.2, 0.25) is 0 Å². The molecule has 0 heterocycles. The van der Waals surface area contributed by atoms with Crippen molar-refractivity contribution in [2.75, 3.05) is 19.0 Å². The highest BCUT2D eigenvalue weighted by Gasteiger charge is 2.22. The molecule has 142 valence electrons. The fraction of sp³-hybridized carbons (Fsp3) is 0.474. The van der Waals surface area contributed by atoms with Crippen molar-refractivity contribution in [3.63, 3.8) is 0 Å². The van der Waals surface area contributed by atoms with Crippen molar-refractivity contribution in [1.82, 2.24) is 0 Å². The zero-order valence-electron chi connectivity index (χ0n) is 14.7. The van der Waals surface area contributed by atoms with E-state index < -0.39 is 5.82 Å². The Morgan fingerprint density at radius 3 is 2.96 bits per heavy atom. The van der Waals surface area contributed by atoms with Crippen LogP contribution in [0.25, 0.3) is 0 Å². The second-order valence-electron chi connectivity index (χ2n) is 6.08. The van der Waals surface area contributed by atoms with Gasteiger partial charge in [-0.2, -0.15) is 0 Å². The average Bonchev–Trinajstić information content (AvgIpc) is 2.63. The van der Waals surface area contributed by atoms with E-state index in [2.05, 4.69) is 5.16 Å². The number of aliphatic hydroxyl groups excluding tert-OH is 1. The van der Waals surface area contributed by atoms with Gasteiger partial charge < -0.3 is 9.94 Å². The van der Waals surface area contributed by atoms with Gasteiger partial charge in [-0.3, -0.25) is 4.79 Å². The molecule has 0 aliphatic heterocycles. The second-order valence-corrected chi connectivity index (χ2v) is 7.66. The van der Waals surface area contributed by atoms with Gasteiger partial charge in [0.05, 0.1) is 17.3 Å². The topological polar surface area (TPSA) is 58.9 Å². The molecule has 0 saturated carbocycles. The average molecular weight is 400 g/mol. The van der Waals surface area contributed by atoms with Crippen LogP contribution >= 0.6 is 23.4 Å². The van der Waals surface area contributed by atoms with Crippen LogP contribution in [0, 0.1) is 11.7 Å². The van der Waals surface area contributed by atoms with Crippen LogP contribution in [0.5, 0.6) is 0 Å². The number of carbonyl (C=O) groups is 1. The Bertz CT molecular complexity index is 693. The van der Waals surface area contributed by atoms with Crippen LogP contribution in [-0.2, 0) is 9.63 Å². The molecule has 0 fully saturated rings. The lowest BCUT2D eigenvalue weighted by Gasteiger charge is -2.21. The number of nitrogens with zero attached hydrogens (tertiary/aromatic N) is 1. The van der Waals surface area contributed by atoms with Crippen LogP contribution in [-0.4, -0.2) is 35.6 Å². The maximum atomic E-state index is 13.2. The van der Waals surface area contributed by atoms with Gasteiger partial charge in [0, 0.05) is 17.7 Å². The Kier molecular flexibility index (Phi) is 8.62. The first kappa shape index (κ1) is 20.9. The van der Waals surface area contributed by atoms with Crippen molar-refractivity contribution in [3.05, 3.63) is 40.7 Å². The van der Waals surface area contributed by atoms with Crippen LogP contribution in [0.3, 0.4) is 0 Å². The Hall–Kier alpha value is -1.37. The monoisotopic (exact) mass is 399 g/mol. The van der Waals surface area contributed by atoms with E-state index in [1.807, 2.05) is 13.0 Å². The highest BCUT2D eigenvalue weighted by Crippen LogP contribution is 2.30. The van der Waals surface area contributed by atoms with E-state index in [9.17, 15) is 14.3 Å². The third kappa shape index (κ3) is 6.41. The molecule has 0 aromatic heterocycles. The number of thioether (sulfide) groups is 1.